The fraction of sp³-hybridized carbons (Fsp3) is 0.281. The van der Waals surface area contributed by atoms with E-state index in [-0.39, 0.29) is 5.63 Å². The van der Waals surface area contributed by atoms with Crippen LogP contribution in [0.3, 0.4) is 0 Å². The topological polar surface area (TPSA) is 112 Å². The Kier molecular flexibility index (Phi) is 37.5. The normalized spacial score (nSPS) is 8.67. The molecule has 0 radical (unpaired) electrons. The van der Waals surface area contributed by atoms with Crippen LogP contribution in [0.2, 0.25) is 0 Å². The molecule has 0 fully saturated rings. The Morgan fingerprint density at radius 2 is 0.667 bits per heavy atom. The first-order valence-corrected chi connectivity index (χ1v) is 23.6. The molecule has 0 amide bonds. The van der Waals surface area contributed by atoms with E-state index in [2.05, 4.69) is 30.1 Å². The summed E-state index contributed by atoms with van der Waals surface area (Å²) in [7, 11) is 1.82. The minimum absolute atomic E-state index is 0.352. The SMILES string of the molecule is CC.CC.CC.CC.CC.CC.CC.Cc1nc(-c2ccccc2)nc(-c2ccccc2)n1.Cn1nc2ccccc2n1.O=c1oc(-c2ccccc2)nc2ccccc12.c1ccccc1. The number of hydrogen-bond acceptors (Lipinski definition) is 8. The quantitative estimate of drug-likeness (QED) is 0.172. The molecule has 3 heterocycles. The zero-order chi connectivity index (χ0) is 50.0. The molecule has 0 aliphatic heterocycles. The number of rotatable bonds is 3. The number of aryl methyl sites for hydroxylation is 2. The molecule has 0 spiro atoms. The second kappa shape index (κ2) is 40.6. The van der Waals surface area contributed by atoms with Crippen LogP contribution in [-0.4, -0.2) is 34.9 Å². The highest BCUT2D eigenvalue weighted by Crippen LogP contribution is 2.20. The number of aromatic nitrogens is 7. The maximum Gasteiger partial charge on any atom is 0.347 e. The van der Waals surface area contributed by atoms with Crippen LogP contribution in [-0.2, 0) is 7.05 Å². The lowest BCUT2D eigenvalue weighted by Gasteiger charge is -2.05. The second-order valence-corrected chi connectivity index (χ2v) is 11.3. The van der Waals surface area contributed by atoms with Crippen LogP contribution in [0.5, 0.6) is 0 Å². The highest BCUT2D eigenvalue weighted by molar-refractivity contribution is 5.78. The Morgan fingerprint density at radius 3 is 1.05 bits per heavy atom. The zero-order valence-electron chi connectivity index (χ0n) is 42.7. The van der Waals surface area contributed by atoms with E-state index in [0.717, 1.165) is 33.5 Å². The van der Waals surface area contributed by atoms with Gasteiger partial charge in [0.1, 0.15) is 16.9 Å². The van der Waals surface area contributed by atoms with Crippen LogP contribution in [0.25, 0.3) is 56.2 Å². The molecule has 0 aliphatic carbocycles. The van der Waals surface area contributed by atoms with Gasteiger partial charge in [-0.2, -0.15) is 15.0 Å². The number of nitrogens with zero attached hydrogens (tertiary/aromatic N) is 7. The first-order valence-electron chi connectivity index (χ1n) is 23.6. The fourth-order valence-corrected chi connectivity index (χ4v) is 4.99. The Labute approximate surface area is 397 Å². The third-order valence-electron chi connectivity index (χ3n) is 7.42. The van der Waals surface area contributed by atoms with Crippen LogP contribution < -0.4 is 5.63 Å². The predicted molar refractivity (Wildman–Crippen MR) is 286 cm³/mol. The summed E-state index contributed by atoms with van der Waals surface area (Å²) >= 11 is 0. The largest absolute Gasteiger partial charge is 0.403 e. The van der Waals surface area contributed by atoms with Gasteiger partial charge >= 0.3 is 5.63 Å². The van der Waals surface area contributed by atoms with E-state index in [9.17, 15) is 4.79 Å². The summed E-state index contributed by atoms with van der Waals surface area (Å²) in [5.41, 5.74) is 5.01. The second-order valence-electron chi connectivity index (χ2n) is 11.3. The van der Waals surface area contributed by atoms with Crippen molar-refractivity contribution in [3.8, 4) is 34.2 Å². The average molecular weight is 892 g/mol. The zero-order valence-corrected chi connectivity index (χ0v) is 42.7. The van der Waals surface area contributed by atoms with Crippen LogP contribution in [0.15, 0.2) is 185 Å². The Balaban J connectivity index is 0. The standard InChI is InChI=1S/C16H13N3.C14H9NO2.C7H7N3.C6H6.7C2H6/c1-12-17-15(13-8-4-2-5-9-13)19-16(18-12)14-10-6-3-7-11-14;16-14-11-8-4-5-9-12(11)15-13(17-14)10-6-2-1-3-7-10;1-10-8-6-4-2-3-5-7(6)9-10;1-2-4-6-5-3-1;7*1-2/h2-11H,1H3;1-9H;2-5H,1H3;1-6H;7*1-2H3. The number of fused-ring (bicyclic) bond motifs is 2. The molecular formula is C57H77N7O2. The van der Waals surface area contributed by atoms with Gasteiger partial charge in [-0.25, -0.2) is 24.7 Å². The first-order chi connectivity index (χ1) is 32.5. The maximum absolute atomic E-state index is 11.8. The van der Waals surface area contributed by atoms with Crippen molar-refractivity contribution in [1.82, 2.24) is 34.9 Å². The summed E-state index contributed by atoms with van der Waals surface area (Å²) in [5.74, 6) is 2.51. The smallest absolute Gasteiger partial charge is 0.347 e. The molecule has 6 aromatic carbocycles. The molecule has 66 heavy (non-hydrogen) atoms. The van der Waals surface area contributed by atoms with Gasteiger partial charge in [0.15, 0.2) is 11.6 Å². The van der Waals surface area contributed by atoms with Gasteiger partial charge in [0.2, 0.25) is 5.89 Å². The molecule has 0 saturated heterocycles. The summed E-state index contributed by atoms with van der Waals surface area (Å²) in [6.07, 6.45) is 0. The molecule has 3 aromatic heterocycles. The van der Waals surface area contributed by atoms with Crippen LogP contribution in [0, 0.1) is 6.92 Å². The Bertz CT molecular complexity index is 2390. The maximum atomic E-state index is 11.8. The first kappa shape index (κ1) is 61.0. The van der Waals surface area contributed by atoms with E-state index in [0.29, 0.717) is 28.4 Å². The summed E-state index contributed by atoms with van der Waals surface area (Å²) in [5, 5.41) is 8.74. The van der Waals surface area contributed by atoms with E-state index in [1.54, 1.807) is 23.0 Å². The molecule has 0 unspecified atom stereocenters. The number of hydrogen-bond donors (Lipinski definition) is 0. The van der Waals surface area contributed by atoms with Crippen molar-refractivity contribution in [1.29, 1.82) is 0 Å². The van der Waals surface area contributed by atoms with E-state index in [4.69, 9.17) is 4.42 Å². The minimum atomic E-state index is -0.352. The van der Waals surface area contributed by atoms with Gasteiger partial charge in [0.05, 0.1) is 10.9 Å². The van der Waals surface area contributed by atoms with Crippen LogP contribution >= 0.6 is 0 Å². The van der Waals surface area contributed by atoms with E-state index in [1.165, 1.54) is 0 Å². The van der Waals surface area contributed by atoms with Gasteiger partial charge < -0.3 is 4.42 Å². The average Bonchev–Trinajstić information content (AvgIpc) is 3.82. The monoisotopic (exact) mass is 892 g/mol. The summed E-state index contributed by atoms with van der Waals surface area (Å²) in [4.78, 5) is 31.0. The third-order valence-corrected chi connectivity index (χ3v) is 7.42. The van der Waals surface area contributed by atoms with Gasteiger partial charge in [-0.3, -0.25) is 0 Å². The van der Waals surface area contributed by atoms with Crippen molar-refractivity contribution < 1.29 is 4.42 Å². The summed E-state index contributed by atoms with van der Waals surface area (Å²) in [6.45, 7) is 29.9. The van der Waals surface area contributed by atoms with Crippen LogP contribution in [0.1, 0.15) is 103 Å². The molecule has 0 atom stereocenters. The number of benzene rings is 6. The van der Waals surface area contributed by atoms with E-state index < -0.39 is 0 Å². The van der Waals surface area contributed by atoms with E-state index in [1.807, 2.05) is 269 Å². The molecule has 0 saturated carbocycles. The summed E-state index contributed by atoms with van der Waals surface area (Å²) in [6, 6.07) is 56.3. The van der Waals surface area contributed by atoms with Gasteiger partial charge in [0.25, 0.3) is 0 Å². The van der Waals surface area contributed by atoms with Crippen molar-refractivity contribution in [2.24, 2.45) is 7.05 Å². The van der Waals surface area contributed by atoms with Crippen molar-refractivity contribution in [2.45, 2.75) is 104 Å². The van der Waals surface area contributed by atoms with Gasteiger partial charge in [-0.05, 0) is 43.3 Å². The molecule has 9 rings (SSSR count). The highest BCUT2D eigenvalue weighted by Gasteiger charge is 2.08. The minimum Gasteiger partial charge on any atom is -0.403 e. The lowest BCUT2D eigenvalue weighted by atomic mass is 10.2. The summed E-state index contributed by atoms with van der Waals surface area (Å²) < 4.78 is 5.21. The lowest BCUT2D eigenvalue weighted by Crippen LogP contribution is -2.02. The third kappa shape index (κ3) is 22.5. The lowest BCUT2D eigenvalue weighted by molar-refractivity contribution is 0.518. The number of para-hydroxylation sites is 1. The van der Waals surface area contributed by atoms with E-state index >= 15 is 0 Å². The molecule has 0 N–H and O–H groups in total. The molecule has 9 aromatic rings. The molecule has 9 heteroatoms. The van der Waals surface area contributed by atoms with Gasteiger partial charge in [0, 0.05) is 23.7 Å². The molecule has 9 nitrogen and oxygen atoms in total. The molecule has 0 aliphatic rings. The van der Waals surface area contributed by atoms with Crippen LogP contribution in [0.4, 0.5) is 0 Å². The Hall–Kier alpha value is -7.13. The van der Waals surface area contributed by atoms with Gasteiger partial charge in [-0.1, -0.05) is 236 Å². The van der Waals surface area contributed by atoms with Crippen molar-refractivity contribution in [3.63, 3.8) is 0 Å². The van der Waals surface area contributed by atoms with Gasteiger partial charge in [-0.15, -0.1) is 0 Å². The van der Waals surface area contributed by atoms with Crippen molar-refractivity contribution in [3.05, 3.63) is 192 Å². The molecular weight excluding hydrogens is 815 g/mol. The van der Waals surface area contributed by atoms with Crippen molar-refractivity contribution >= 4 is 21.9 Å². The predicted octanol–water partition coefficient (Wildman–Crippen LogP) is 16.2. The highest BCUT2D eigenvalue weighted by atomic mass is 16.4. The molecule has 352 valence electrons. The fourth-order valence-electron chi connectivity index (χ4n) is 4.99. The Morgan fingerprint density at radius 1 is 0.364 bits per heavy atom. The van der Waals surface area contributed by atoms with Crippen molar-refractivity contribution in [2.75, 3.05) is 0 Å². The molecule has 0 bridgehead atoms.